The smallest absolute Gasteiger partial charge is 0.191 e. The van der Waals surface area contributed by atoms with Crippen LogP contribution in [0.15, 0.2) is 53.7 Å². The predicted octanol–water partition coefficient (Wildman–Crippen LogP) is 4.91. The highest BCUT2D eigenvalue weighted by atomic mass is 32.2. The maximum absolute atomic E-state index is 11.2. The van der Waals surface area contributed by atoms with E-state index in [1.165, 1.54) is 35.0 Å². The van der Waals surface area contributed by atoms with Crippen LogP contribution < -0.4 is 0 Å². The minimum atomic E-state index is -0.596. The first-order chi connectivity index (χ1) is 14.6. The molecule has 0 saturated heterocycles. The fourth-order valence-electron chi connectivity index (χ4n) is 4.49. The molecular formula is C24H26N4OS. The maximum atomic E-state index is 11.2. The van der Waals surface area contributed by atoms with Gasteiger partial charge in [-0.05, 0) is 44.2 Å². The van der Waals surface area contributed by atoms with Crippen molar-refractivity contribution in [3.63, 3.8) is 0 Å². The number of para-hydroxylation sites is 1. The lowest BCUT2D eigenvalue weighted by atomic mass is 9.95. The number of thioether (sulfide) groups is 1. The molecule has 0 unspecified atom stereocenters. The first-order valence-corrected chi connectivity index (χ1v) is 11.5. The largest absolute Gasteiger partial charge is 0.372 e. The molecule has 0 aliphatic heterocycles. The molecule has 5 nitrogen and oxygen atoms in total. The highest BCUT2D eigenvalue weighted by Gasteiger charge is 2.24. The lowest BCUT2D eigenvalue weighted by Crippen LogP contribution is -2.16. The van der Waals surface area contributed by atoms with Gasteiger partial charge in [-0.2, -0.15) is 0 Å². The van der Waals surface area contributed by atoms with Crippen LogP contribution in [0.3, 0.4) is 0 Å². The Bertz CT molecular complexity index is 1190. The number of aryl methyl sites for hydroxylation is 2. The van der Waals surface area contributed by atoms with Crippen molar-refractivity contribution in [1.82, 2.24) is 19.3 Å². The average molecular weight is 419 g/mol. The zero-order chi connectivity index (χ0) is 20.7. The third kappa shape index (κ3) is 3.34. The van der Waals surface area contributed by atoms with Crippen LogP contribution in [-0.4, -0.2) is 30.2 Å². The summed E-state index contributed by atoms with van der Waals surface area (Å²) in [7, 11) is 1.98. The summed E-state index contributed by atoms with van der Waals surface area (Å²) in [6.07, 6.45) is 3.96. The highest BCUT2D eigenvalue weighted by molar-refractivity contribution is 7.99. The molecule has 4 aromatic rings. The molecule has 30 heavy (non-hydrogen) atoms. The Morgan fingerprint density at radius 2 is 1.80 bits per heavy atom. The van der Waals surface area contributed by atoms with Crippen LogP contribution in [0.25, 0.3) is 22.3 Å². The molecule has 2 heterocycles. The van der Waals surface area contributed by atoms with Gasteiger partial charge in [0.15, 0.2) is 11.0 Å². The van der Waals surface area contributed by atoms with Crippen LogP contribution in [0.4, 0.5) is 0 Å². The second-order valence-corrected chi connectivity index (χ2v) is 9.03. The highest BCUT2D eigenvalue weighted by Crippen LogP contribution is 2.35. The number of rotatable bonds is 5. The van der Waals surface area contributed by atoms with Crippen molar-refractivity contribution >= 4 is 22.7 Å². The summed E-state index contributed by atoms with van der Waals surface area (Å²) in [5, 5.41) is 22.0. The van der Waals surface area contributed by atoms with Gasteiger partial charge >= 0.3 is 0 Å². The molecule has 1 aliphatic carbocycles. The van der Waals surface area contributed by atoms with Gasteiger partial charge in [0, 0.05) is 29.4 Å². The van der Waals surface area contributed by atoms with E-state index < -0.39 is 6.23 Å². The number of aliphatic hydroxyl groups excluding tert-OH is 1. The Labute approximate surface area is 180 Å². The number of aliphatic hydroxyl groups is 1. The van der Waals surface area contributed by atoms with Crippen molar-refractivity contribution in [3.05, 3.63) is 65.4 Å². The Kier molecular flexibility index (Phi) is 5.13. The zero-order valence-electron chi connectivity index (χ0n) is 17.4. The van der Waals surface area contributed by atoms with Crippen LogP contribution in [0.1, 0.15) is 35.9 Å². The van der Waals surface area contributed by atoms with Crippen molar-refractivity contribution in [1.29, 1.82) is 0 Å². The predicted molar refractivity (Wildman–Crippen MR) is 122 cm³/mol. The van der Waals surface area contributed by atoms with Crippen molar-refractivity contribution in [2.75, 3.05) is 5.75 Å². The fraction of sp³-hybridized carbons (Fsp3) is 0.333. The van der Waals surface area contributed by atoms with E-state index in [-0.39, 0.29) is 0 Å². The van der Waals surface area contributed by atoms with Gasteiger partial charge in [0.2, 0.25) is 0 Å². The summed E-state index contributed by atoms with van der Waals surface area (Å²) in [5.41, 5.74) is 6.13. The van der Waals surface area contributed by atoms with Crippen LogP contribution >= 0.6 is 11.8 Å². The fourth-order valence-corrected chi connectivity index (χ4v) is 5.31. The van der Waals surface area contributed by atoms with Gasteiger partial charge in [0.1, 0.15) is 6.23 Å². The minimum Gasteiger partial charge on any atom is -0.372 e. The number of fused-ring (bicyclic) bond motifs is 3. The minimum absolute atomic E-state index is 0.533. The topological polar surface area (TPSA) is 55.9 Å². The molecule has 2 aromatic carbocycles. The SMILES string of the molecule is Cc1ccc(-c2nnc(SC[C@H](O)n3c4c(c5ccccc53)CCCC4)n2C)cc1. The number of nitrogens with zero attached hydrogens (tertiary/aromatic N) is 4. The summed E-state index contributed by atoms with van der Waals surface area (Å²) < 4.78 is 4.15. The van der Waals surface area contributed by atoms with Gasteiger partial charge in [0.25, 0.3) is 0 Å². The normalized spacial score (nSPS) is 14.8. The number of hydrogen-bond donors (Lipinski definition) is 1. The van der Waals surface area contributed by atoms with Crippen molar-refractivity contribution in [3.8, 4) is 11.4 Å². The molecule has 6 heteroatoms. The monoisotopic (exact) mass is 418 g/mol. The number of benzene rings is 2. The Hall–Kier alpha value is -2.57. The van der Waals surface area contributed by atoms with Gasteiger partial charge in [-0.15, -0.1) is 10.2 Å². The quantitative estimate of drug-likeness (QED) is 0.468. The van der Waals surface area contributed by atoms with E-state index in [4.69, 9.17) is 0 Å². The summed E-state index contributed by atoms with van der Waals surface area (Å²) >= 11 is 1.55. The lowest BCUT2D eigenvalue weighted by Gasteiger charge is -2.20. The first-order valence-electron chi connectivity index (χ1n) is 10.5. The number of aromatic nitrogens is 4. The third-order valence-corrected chi connectivity index (χ3v) is 7.10. The Balaban J connectivity index is 1.40. The van der Waals surface area contributed by atoms with Crippen LogP contribution in [0.5, 0.6) is 0 Å². The number of hydrogen-bond acceptors (Lipinski definition) is 4. The molecule has 2 aromatic heterocycles. The molecule has 0 bridgehead atoms. The summed E-state index contributed by atoms with van der Waals surface area (Å²) in [6.45, 7) is 2.08. The van der Waals surface area contributed by atoms with Gasteiger partial charge < -0.3 is 14.2 Å². The summed E-state index contributed by atoms with van der Waals surface area (Å²) in [5.74, 6) is 1.38. The van der Waals surface area contributed by atoms with Crippen LogP contribution in [0.2, 0.25) is 0 Å². The molecule has 0 amide bonds. The Morgan fingerprint density at radius 3 is 2.63 bits per heavy atom. The second-order valence-electron chi connectivity index (χ2n) is 8.04. The third-order valence-electron chi connectivity index (χ3n) is 6.02. The van der Waals surface area contributed by atoms with E-state index in [1.54, 1.807) is 11.8 Å². The molecule has 0 spiro atoms. The van der Waals surface area contributed by atoms with Gasteiger partial charge in [-0.3, -0.25) is 0 Å². The Morgan fingerprint density at radius 1 is 1.03 bits per heavy atom. The molecule has 1 aliphatic rings. The van der Waals surface area contributed by atoms with Gasteiger partial charge in [-0.1, -0.05) is 59.8 Å². The van der Waals surface area contributed by atoms with Crippen molar-refractivity contribution in [2.24, 2.45) is 7.05 Å². The molecule has 154 valence electrons. The maximum Gasteiger partial charge on any atom is 0.191 e. The molecule has 0 fully saturated rings. The average Bonchev–Trinajstić information content (AvgIpc) is 3.30. The second kappa shape index (κ2) is 7.93. The molecule has 5 rings (SSSR count). The van der Waals surface area contributed by atoms with Crippen molar-refractivity contribution in [2.45, 2.75) is 44.0 Å². The van der Waals surface area contributed by atoms with Crippen LogP contribution in [0, 0.1) is 6.92 Å². The molecule has 1 N–H and O–H groups in total. The standard InChI is InChI=1S/C24H26N4OS/c1-16-11-13-17(14-12-16)23-25-26-24(27(23)2)30-15-22(29)28-20-9-5-3-7-18(20)19-8-4-6-10-21(19)28/h3,5,7,9,11-14,22,29H,4,6,8,10,15H2,1-2H3/t22-/m0/s1. The van der Waals surface area contributed by atoms with E-state index in [0.29, 0.717) is 5.75 Å². The van der Waals surface area contributed by atoms with E-state index in [2.05, 4.69) is 70.2 Å². The van der Waals surface area contributed by atoms with Crippen LogP contribution in [-0.2, 0) is 19.9 Å². The molecule has 0 radical (unpaired) electrons. The van der Waals surface area contributed by atoms with Gasteiger partial charge in [-0.25, -0.2) is 0 Å². The zero-order valence-corrected chi connectivity index (χ0v) is 18.2. The summed E-state index contributed by atoms with van der Waals surface area (Å²) in [4.78, 5) is 0. The van der Waals surface area contributed by atoms with Crippen molar-refractivity contribution < 1.29 is 5.11 Å². The van der Waals surface area contributed by atoms with E-state index >= 15 is 0 Å². The first kappa shape index (κ1) is 19.4. The molecule has 1 atom stereocenters. The van der Waals surface area contributed by atoms with E-state index in [9.17, 15) is 5.11 Å². The van der Waals surface area contributed by atoms with Gasteiger partial charge in [0.05, 0.1) is 5.52 Å². The van der Waals surface area contributed by atoms with E-state index in [1.807, 2.05) is 11.6 Å². The van der Waals surface area contributed by atoms with E-state index in [0.717, 1.165) is 34.9 Å². The summed E-state index contributed by atoms with van der Waals surface area (Å²) in [6, 6.07) is 16.8. The molecule has 0 saturated carbocycles. The lowest BCUT2D eigenvalue weighted by molar-refractivity contribution is 0.130. The molecular weight excluding hydrogens is 392 g/mol.